The van der Waals surface area contributed by atoms with Gasteiger partial charge in [0, 0.05) is 12.1 Å². The topological polar surface area (TPSA) is 41.6 Å². The first-order chi connectivity index (χ1) is 10.2. The van der Waals surface area contributed by atoms with Crippen LogP contribution in [0.3, 0.4) is 0 Å². The number of nitrogens with one attached hydrogen (secondary N) is 1. The molecule has 21 heavy (non-hydrogen) atoms. The summed E-state index contributed by atoms with van der Waals surface area (Å²) in [4.78, 5) is 14.6. The van der Waals surface area contributed by atoms with Crippen LogP contribution < -0.4 is 10.1 Å². The molecule has 1 N–H and O–H groups in total. The Labute approximate surface area is 126 Å². The molecule has 2 fully saturated rings. The quantitative estimate of drug-likeness (QED) is 0.875. The Morgan fingerprint density at radius 1 is 1.33 bits per heavy atom. The molecule has 0 radical (unpaired) electrons. The van der Waals surface area contributed by atoms with Gasteiger partial charge in [0.15, 0.2) is 0 Å². The van der Waals surface area contributed by atoms with Gasteiger partial charge in [-0.15, -0.1) is 0 Å². The second-order valence-electron chi connectivity index (χ2n) is 6.04. The van der Waals surface area contributed by atoms with E-state index in [1.54, 1.807) is 7.11 Å². The molecule has 2 aliphatic rings. The minimum atomic E-state index is -0.0703. The molecule has 3 rings (SSSR count). The third-order valence-corrected chi connectivity index (χ3v) is 4.57. The molecule has 1 saturated heterocycles. The monoisotopic (exact) mass is 288 g/mol. The van der Waals surface area contributed by atoms with Crippen LogP contribution in [0, 0.1) is 5.92 Å². The van der Waals surface area contributed by atoms with Gasteiger partial charge in [-0.2, -0.15) is 0 Å². The molecule has 0 aromatic heterocycles. The highest BCUT2D eigenvalue weighted by Gasteiger charge is 2.40. The van der Waals surface area contributed by atoms with Gasteiger partial charge in [0.05, 0.1) is 13.2 Å². The van der Waals surface area contributed by atoms with Gasteiger partial charge in [-0.1, -0.05) is 38.0 Å². The molecular formula is C17H24N2O2. The zero-order chi connectivity index (χ0) is 14.8. The molecule has 1 aromatic carbocycles. The lowest BCUT2D eigenvalue weighted by Crippen LogP contribution is -2.32. The van der Waals surface area contributed by atoms with E-state index in [2.05, 4.69) is 12.2 Å². The Hall–Kier alpha value is -1.55. The van der Waals surface area contributed by atoms with Crippen molar-refractivity contribution in [2.75, 3.05) is 13.7 Å². The van der Waals surface area contributed by atoms with Gasteiger partial charge < -0.3 is 9.64 Å². The molecule has 1 aliphatic carbocycles. The predicted octanol–water partition coefficient (Wildman–Crippen LogP) is 2.70. The Morgan fingerprint density at radius 2 is 2.10 bits per heavy atom. The molecule has 2 atom stereocenters. The maximum atomic E-state index is 12.6. The lowest BCUT2D eigenvalue weighted by molar-refractivity contribution is -0.130. The van der Waals surface area contributed by atoms with Crippen molar-refractivity contribution in [2.24, 2.45) is 5.92 Å². The van der Waals surface area contributed by atoms with Crippen molar-refractivity contribution in [1.82, 2.24) is 10.2 Å². The van der Waals surface area contributed by atoms with Crippen LogP contribution in [0.1, 0.15) is 44.3 Å². The summed E-state index contributed by atoms with van der Waals surface area (Å²) in [6, 6.07) is 7.90. The fourth-order valence-corrected chi connectivity index (χ4v) is 3.09. The van der Waals surface area contributed by atoms with E-state index in [0.717, 1.165) is 36.6 Å². The van der Waals surface area contributed by atoms with Gasteiger partial charge in [-0.05, 0) is 24.8 Å². The molecule has 4 nitrogen and oxygen atoms in total. The molecule has 0 spiro atoms. The molecule has 4 heteroatoms. The molecule has 0 bridgehead atoms. The summed E-state index contributed by atoms with van der Waals surface area (Å²) in [5, 5.41) is 3.47. The van der Waals surface area contributed by atoms with Crippen molar-refractivity contribution in [3.8, 4) is 5.75 Å². The second-order valence-corrected chi connectivity index (χ2v) is 6.04. The number of nitrogens with zero attached hydrogens (tertiary/aromatic N) is 1. The first-order valence-electron chi connectivity index (χ1n) is 7.94. The third kappa shape index (κ3) is 2.91. The third-order valence-electron chi connectivity index (χ3n) is 4.57. The number of benzene rings is 1. The van der Waals surface area contributed by atoms with Crippen LogP contribution in [0.25, 0.3) is 0 Å². The predicted molar refractivity (Wildman–Crippen MR) is 82.0 cm³/mol. The van der Waals surface area contributed by atoms with E-state index in [0.29, 0.717) is 0 Å². The molecule has 114 valence electrons. The average molecular weight is 288 g/mol. The number of ether oxygens (including phenoxy) is 1. The SMILES string of the molecule is CCC1NC(c2ccccc2OC)N(CCC2CC2)C1=O. The normalized spacial score (nSPS) is 25.4. The molecule has 1 amide bonds. The number of amides is 1. The number of methoxy groups -OCH3 is 1. The minimum absolute atomic E-state index is 0.0580. The average Bonchev–Trinajstić information content (AvgIpc) is 3.29. The Kier molecular flexibility index (Phi) is 4.15. The number of rotatable bonds is 6. The minimum Gasteiger partial charge on any atom is -0.496 e. The van der Waals surface area contributed by atoms with Gasteiger partial charge >= 0.3 is 0 Å². The molecule has 1 heterocycles. The molecule has 1 aromatic rings. The Morgan fingerprint density at radius 3 is 2.76 bits per heavy atom. The van der Waals surface area contributed by atoms with Crippen LogP contribution in [0.5, 0.6) is 5.75 Å². The van der Waals surface area contributed by atoms with Gasteiger partial charge in [0.25, 0.3) is 0 Å². The van der Waals surface area contributed by atoms with E-state index in [1.807, 2.05) is 29.2 Å². The molecule has 1 saturated carbocycles. The van der Waals surface area contributed by atoms with Crippen molar-refractivity contribution >= 4 is 5.91 Å². The number of hydrogen-bond acceptors (Lipinski definition) is 3. The van der Waals surface area contributed by atoms with Gasteiger partial charge in [-0.3, -0.25) is 10.1 Å². The van der Waals surface area contributed by atoms with Crippen LogP contribution >= 0.6 is 0 Å². The number of hydrogen-bond donors (Lipinski definition) is 1. The fourth-order valence-electron chi connectivity index (χ4n) is 3.09. The van der Waals surface area contributed by atoms with Crippen molar-refractivity contribution in [2.45, 2.75) is 44.8 Å². The zero-order valence-corrected chi connectivity index (χ0v) is 12.8. The summed E-state index contributed by atoms with van der Waals surface area (Å²) in [7, 11) is 1.68. The highest BCUT2D eigenvalue weighted by Crippen LogP contribution is 2.36. The first-order valence-corrected chi connectivity index (χ1v) is 7.94. The van der Waals surface area contributed by atoms with Crippen molar-refractivity contribution in [1.29, 1.82) is 0 Å². The zero-order valence-electron chi connectivity index (χ0n) is 12.8. The molecular weight excluding hydrogens is 264 g/mol. The smallest absolute Gasteiger partial charge is 0.241 e. The Bertz CT molecular complexity index is 513. The lowest BCUT2D eigenvalue weighted by Gasteiger charge is -2.25. The van der Waals surface area contributed by atoms with Crippen molar-refractivity contribution < 1.29 is 9.53 Å². The maximum Gasteiger partial charge on any atom is 0.241 e. The Balaban J connectivity index is 1.83. The van der Waals surface area contributed by atoms with E-state index < -0.39 is 0 Å². The summed E-state index contributed by atoms with van der Waals surface area (Å²) in [6.45, 7) is 2.90. The highest BCUT2D eigenvalue weighted by molar-refractivity contribution is 5.84. The summed E-state index contributed by atoms with van der Waals surface area (Å²) in [5.74, 6) is 1.90. The van der Waals surface area contributed by atoms with E-state index in [9.17, 15) is 4.79 Å². The second kappa shape index (κ2) is 6.06. The van der Waals surface area contributed by atoms with Crippen LogP contribution in [-0.4, -0.2) is 30.5 Å². The van der Waals surface area contributed by atoms with Crippen molar-refractivity contribution in [3.05, 3.63) is 29.8 Å². The highest BCUT2D eigenvalue weighted by atomic mass is 16.5. The van der Waals surface area contributed by atoms with E-state index in [-0.39, 0.29) is 18.1 Å². The summed E-state index contributed by atoms with van der Waals surface area (Å²) >= 11 is 0. The van der Waals surface area contributed by atoms with Crippen LogP contribution in [0.15, 0.2) is 24.3 Å². The number of carbonyl (C=O) groups excluding carboxylic acids is 1. The summed E-state index contributed by atoms with van der Waals surface area (Å²) in [6.07, 6.45) is 4.54. The van der Waals surface area contributed by atoms with E-state index in [4.69, 9.17) is 4.74 Å². The van der Waals surface area contributed by atoms with E-state index >= 15 is 0 Å². The molecule has 1 aliphatic heterocycles. The van der Waals surface area contributed by atoms with Crippen LogP contribution in [0.4, 0.5) is 0 Å². The maximum absolute atomic E-state index is 12.6. The van der Waals surface area contributed by atoms with E-state index in [1.165, 1.54) is 12.8 Å². The lowest BCUT2D eigenvalue weighted by atomic mass is 10.1. The van der Waals surface area contributed by atoms with Gasteiger partial charge in [0.2, 0.25) is 5.91 Å². The standard InChI is InChI=1S/C17H24N2O2/c1-3-14-17(20)19(11-10-12-8-9-12)16(18-14)13-6-4-5-7-15(13)21-2/h4-7,12,14,16,18H,3,8-11H2,1-2H3. The molecule has 2 unspecified atom stereocenters. The number of para-hydroxylation sites is 1. The first kappa shape index (κ1) is 14.4. The number of carbonyl (C=O) groups is 1. The largest absolute Gasteiger partial charge is 0.496 e. The summed E-state index contributed by atoms with van der Waals surface area (Å²) < 4.78 is 5.47. The summed E-state index contributed by atoms with van der Waals surface area (Å²) in [5.41, 5.74) is 1.06. The van der Waals surface area contributed by atoms with Crippen LogP contribution in [-0.2, 0) is 4.79 Å². The van der Waals surface area contributed by atoms with Gasteiger partial charge in [-0.25, -0.2) is 0 Å². The van der Waals surface area contributed by atoms with Gasteiger partial charge in [0.1, 0.15) is 11.9 Å². The fraction of sp³-hybridized carbons (Fsp3) is 0.588. The van der Waals surface area contributed by atoms with Crippen molar-refractivity contribution in [3.63, 3.8) is 0 Å². The van der Waals surface area contributed by atoms with Crippen LogP contribution in [0.2, 0.25) is 0 Å².